The molecule has 124 valence electrons. The van der Waals surface area contributed by atoms with E-state index in [9.17, 15) is 4.79 Å². The number of hydrogen-bond acceptors (Lipinski definition) is 6. The number of carboxylic acids is 1. The highest BCUT2D eigenvalue weighted by Gasteiger charge is 2.10. The Labute approximate surface area is 135 Å². The summed E-state index contributed by atoms with van der Waals surface area (Å²) in [6, 6.07) is 11.6. The molecule has 4 N–H and O–H groups in total. The largest absolute Gasteiger partial charge is 0.481 e. The summed E-state index contributed by atoms with van der Waals surface area (Å²) in [5.41, 5.74) is 0. The number of rotatable bonds is 8. The summed E-state index contributed by atoms with van der Waals surface area (Å²) in [5, 5.41) is 15.1. The van der Waals surface area contributed by atoms with E-state index in [1.807, 2.05) is 36.4 Å². The minimum absolute atomic E-state index is 0.229. The second-order valence-electron chi connectivity index (χ2n) is 4.73. The molecule has 2 heterocycles. The van der Waals surface area contributed by atoms with Crippen LogP contribution in [-0.2, 0) is 4.79 Å². The fourth-order valence-corrected chi connectivity index (χ4v) is 2.10. The van der Waals surface area contributed by atoms with Crippen LogP contribution in [0.3, 0.4) is 0 Å². The second-order valence-corrected chi connectivity index (χ2v) is 4.73. The predicted octanol–water partition coefficient (Wildman–Crippen LogP) is 2.59. The lowest BCUT2D eigenvalue weighted by atomic mass is 10.2. The van der Waals surface area contributed by atoms with Crippen LogP contribution in [0.15, 0.2) is 48.8 Å². The Morgan fingerprint density at radius 3 is 1.96 bits per heavy atom. The van der Waals surface area contributed by atoms with Gasteiger partial charge in [-0.05, 0) is 37.1 Å². The first-order valence-electron chi connectivity index (χ1n) is 7.34. The van der Waals surface area contributed by atoms with Gasteiger partial charge >= 0.3 is 5.97 Å². The van der Waals surface area contributed by atoms with Gasteiger partial charge in [0.25, 0.3) is 0 Å². The van der Waals surface area contributed by atoms with Crippen molar-refractivity contribution in [1.82, 2.24) is 9.97 Å². The van der Waals surface area contributed by atoms with E-state index < -0.39 is 5.97 Å². The van der Waals surface area contributed by atoms with Crippen LogP contribution in [0, 0.1) is 0 Å². The summed E-state index contributed by atoms with van der Waals surface area (Å²) in [4.78, 5) is 21.3. The zero-order valence-corrected chi connectivity index (χ0v) is 12.9. The van der Waals surface area contributed by atoms with Crippen molar-refractivity contribution in [2.45, 2.75) is 25.7 Å². The Balaban J connectivity index is 0.00000127. The highest BCUT2D eigenvalue weighted by Crippen LogP contribution is 2.21. The molecule has 7 heteroatoms. The molecule has 0 amide bonds. The zero-order chi connectivity index (χ0) is 16.9. The van der Waals surface area contributed by atoms with E-state index in [1.54, 1.807) is 12.4 Å². The lowest BCUT2D eigenvalue weighted by Crippen LogP contribution is -2.20. The van der Waals surface area contributed by atoms with E-state index >= 15 is 0 Å². The Morgan fingerprint density at radius 1 is 0.957 bits per heavy atom. The van der Waals surface area contributed by atoms with Crippen LogP contribution >= 0.6 is 0 Å². The Hall–Kier alpha value is -2.51. The number of carboxylic acid groups (broad SMARTS) is 1. The molecular weight excluding hydrogens is 296 g/mol. The molecule has 0 radical (unpaired) electrons. The van der Waals surface area contributed by atoms with Crippen LogP contribution < -0.4 is 10.8 Å². The third-order valence-electron chi connectivity index (χ3n) is 3.12. The molecule has 7 nitrogen and oxygen atoms in total. The van der Waals surface area contributed by atoms with Crippen LogP contribution in [0.5, 0.6) is 0 Å². The number of carbonyl (C=O) groups is 1. The number of nitrogens with zero attached hydrogens (tertiary/aromatic N) is 3. The summed E-state index contributed by atoms with van der Waals surface area (Å²) in [5.74, 6) is 4.48. The molecule has 0 saturated carbocycles. The van der Waals surface area contributed by atoms with Crippen LogP contribution in [0.4, 0.5) is 11.6 Å². The smallest absolute Gasteiger partial charge is 0.303 e. The van der Waals surface area contributed by atoms with Crippen molar-refractivity contribution >= 4 is 17.6 Å². The third kappa shape index (κ3) is 6.86. The minimum Gasteiger partial charge on any atom is -0.481 e. The van der Waals surface area contributed by atoms with E-state index in [-0.39, 0.29) is 6.42 Å². The van der Waals surface area contributed by atoms with E-state index in [0.29, 0.717) is 6.42 Å². The van der Waals surface area contributed by atoms with Crippen LogP contribution in [0.25, 0.3) is 0 Å². The zero-order valence-electron chi connectivity index (χ0n) is 12.9. The van der Waals surface area contributed by atoms with Gasteiger partial charge in [-0.25, -0.2) is 15.9 Å². The van der Waals surface area contributed by atoms with Crippen molar-refractivity contribution in [3.05, 3.63) is 48.8 Å². The third-order valence-corrected chi connectivity index (χ3v) is 3.12. The predicted molar refractivity (Wildman–Crippen MR) is 87.6 cm³/mol. The number of nitrogens with two attached hydrogens (primary N) is 1. The molecule has 23 heavy (non-hydrogen) atoms. The number of aliphatic carboxylic acids is 1. The van der Waals surface area contributed by atoms with E-state index in [1.165, 1.54) is 0 Å². The van der Waals surface area contributed by atoms with Crippen molar-refractivity contribution in [3.8, 4) is 0 Å². The number of aromatic nitrogens is 2. The maximum absolute atomic E-state index is 10.5. The van der Waals surface area contributed by atoms with Crippen molar-refractivity contribution in [3.63, 3.8) is 0 Å². The van der Waals surface area contributed by atoms with Crippen LogP contribution in [-0.4, -0.2) is 32.8 Å². The molecule has 2 rings (SSSR count). The molecular formula is C16H22N4O3. The molecule has 0 aliphatic carbocycles. The van der Waals surface area contributed by atoms with E-state index in [2.05, 4.69) is 20.8 Å². The highest BCUT2D eigenvalue weighted by atomic mass is 16.4. The summed E-state index contributed by atoms with van der Waals surface area (Å²) < 4.78 is 0. The summed E-state index contributed by atoms with van der Waals surface area (Å²) in [6.45, 7) is 0.771. The number of hydrogen-bond donors (Lipinski definition) is 3. The normalized spacial score (nSPS) is 9.65. The van der Waals surface area contributed by atoms with Crippen molar-refractivity contribution in [2.24, 2.45) is 5.90 Å². The topological polar surface area (TPSA) is 113 Å². The molecule has 0 saturated heterocycles. The molecule has 2 aromatic heterocycles. The average molecular weight is 318 g/mol. The maximum atomic E-state index is 10.5. The van der Waals surface area contributed by atoms with Gasteiger partial charge in [0.2, 0.25) is 0 Å². The van der Waals surface area contributed by atoms with Gasteiger partial charge in [-0.15, -0.1) is 0 Å². The van der Waals surface area contributed by atoms with Gasteiger partial charge < -0.3 is 15.2 Å². The molecule has 0 aromatic carbocycles. The van der Waals surface area contributed by atoms with Crippen molar-refractivity contribution in [2.75, 3.05) is 11.4 Å². The van der Waals surface area contributed by atoms with Gasteiger partial charge in [0.05, 0.1) is 0 Å². The first-order valence-corrected chi connectivity index (χ1v) is 7.34. The molecule has 0 aliphatic heterocycles. The molecule has 0 unspecified atom stereocenters. The molecule has 2 aromatic rings. The first kappa shape index (κ1) is 18.5. The van der Waals surface area contributed by atoms with Gasteiger partial charge in [-0.1, -0.05) is 18.6 Å². The van der Waals surface area contributed by atoms with Gasteiger partial charge in [0.1, 0.15) is 11.6 Å². The first-order chi connectivity index (χ1) is 11.3. The molecule has 0 aliphatic rings. The van der Waals surface area contributed by atoms with Gasteiger partial charge in [0, 0.05) is 25.4 Å². The Kier molecular flexibility index (Phi) is 8.95. The summed E-state index contributed by atoms with van der Waals surface area (Å²) >= 11 is 0. The van der Waals surface area contributed by atoms with Crippen LogP contribution in [0.2, 0.25) is 0 Å². The number of pyridine rings is 2. The molecule has 0 bridgehead atoms. The fraction of sp³-hybridized carbons (Fsp3) is 0.312. The number of unbranched alkanes of at least 4 members (excludes halogenated alkanes) is 2. The standard InChI is InChI=1S/C16H19N3O2.H3NO/c20-16(21)10-2-1-7-13-19(14-8-3-5-11-17-14)15-9-4-6-12-18-15;1-2/h3-6,8-9,11-12H,1-2,7,10,13H2,(H,20,21);2H,1H2. The van der Waals surface area contributed by atoms with Crippen molar-refractivity contribution in [1.29, 1.82) is 0 Å². The quantitative estimate of drug-likeness (QED) is 0.506. The second kappa shape index (κ2) is 11.1. The maximum Gasteiger partial charge on any atom is 0.303 e. The van der Waals surface area contributed by atoms with Crippen molar-refractivity contribution < 1.29 is 15.1 Å². The molecule has 0 fully saturated rings. The van der Waals surface area contributed by atoms with E-state index in [4.69, 9.17) is 10.3 Å². The summed E-state index contributed by atoms with van der Waals surface area (Å²) in [7, 11) is 0. The Bertz CT molecular complexity index is 512. The van der Waals surface area contributed by atoms with Gasteiger partial charge in [0.15, 0.2) is 0 Å². The van der Waals surface area contributed by atoms with Gasteiger partial charge in [-0.2, -0.15) is 0 Å². The molecule has 0 atom stereocenters. The van der Waals surface area contributed by atoms with E-state index in [0.717, 1.165) is 31.0 Å². The van der Waals surface area contributed by atoms with Crippen LogP contribution in [0.1, 0.15) is 25.7 Å². The number of anilines is 2. The van der Waals surface area contributed by atoms with Gasteiger partial charge in [-0.3, -0.25) is 4.79 Å². The Morgan fingerprint density at radius 2 is 1.52 bits per heavy atom. The minimum atomic E-state index is -0.735. The average Bonchev–Trinajstić information content (AvgIpc) is 2.61. The monoisotopic (exact) mass is 318 g/mol. The highest BCUT2D eigenvalue weighted by molar-refractivity contribution is 5.66. The molecule has 0 spiro atoms. The summed E-state index contributed by atoms with van der Waals surface area (Å²) in [6.07, 6.45) is 6.23. The lowest BCUT2D eigenvalue weighted by Gasteiger charge is -2.22. The lowest BCUT2D eigenvalue weighted by molar-refractivity contribution is -0.137. The SMILES string of the molecule is NO.O=C(O)CCCCCN(c1ccccn1)c1ccccn1. The fourth-order valence-electron chi connectivity index (χ4n) is 2.10.